The lowest BCUT2D eigenvalue weighted by Gasteiger charge is -2.16. The Morgan fingerprint density at radius 1 is 1.41 bits per heavy atom. The van der Waals surface area contributed by atoms with Crippen LogP contribution in [0, 0.1) is 5.92 Å². The third-order valence-corrected chi connectivity index (χ3v) is 4.54. The van der Waals surface area contributed by atoms with Crippen LogP contribution in [0.1, 0.15) is 31.7 Å². The summed E-state index contributed by atoms with van der Waals surface area (Å²) in [6.07, 6.45) is 5.48. The number of rotatable bonds is 7. The van der Waals surface area contributed by atoms with Gasteiger partial charge in [0.1, 0.15) is 0 Å². The SMILES string of the molecule is CCn1cc(CC(=O)NC(CCO)C2CC2)c2ccccc21. The third kappa shape index (κ3) is 3.17. The molecular weight excluding hydrogens is 276 g/mol. The average molecular weight is 300 g/mol. The maximum absolute atomic E-state index is 12.4. The van der Waals surface area contributed by atoms with Gasteiger partial charge in [0, 0.05) is 36.3 Å². The van der Waals surface area contributed by atoms with Crippen molar-refractivity contribution in [2.75, 3.05) is 6.61 Å². The maximum atomic E-state index is 12.4. The van der Waals surface area contributed by atoms with Crippen molar-refractivity contribution in [3.8, 4) is 0 Å². The molecule has 0 aliphatic heterocycles. The first kappa shape index (κ1) is 15.1. The molecule has 2 N–H and O–H groups in total. The first-order valence-electron chi connectivity index (χ1n) is 8.20. The Bertz CT molecular complexity index is 658. The summed E-state index contributed by atoms with van der Waals surface area (Å²) in [5.41, 5.74) is 2.26. The van der Waals surface area contributed by atoms with Gasteiger partial charge in [-0.3, -0.25) is 4.79 Å². The van der Waals surface area contributed by atoms with E-state index < -0.39 is 0 Å². The van der Waals surface area contributed by atoms with Crippen LogP contribution in [0.4, 0.5) is 0 Å². The molecule has 1 aromatic carbocycles. The first-order valence-corrected chi connectivity index (χ1v) is 8.20. The van der Waals surface area contributed by atoms with Crippen LogP contribution in [0.2, 0.25) is 0 Å². The van der Waals surface area contributed by atoms with Gasteiger partial charge in [0.05, 0.1) is 6.42 Å². The lowest BCUT2D eigenvalue weighted by molar-refractivity contribution is -0.121. The quantitative estimate of drug-likeness (QED) is 0.825. The summed E-state index contributed by atoms with van der Waals surface area (Å²) < 4.78 is 2.18. The van der Waals surface area contributed by atoms with Crippen LogP contribution in [0.25, 0.3) is 10.9 Å². The monoisotopic (exact) mass is 300 g/mol. The van der Waals surface area contributed by atoms with E-state index in [0.29, 0.717) is 18.8 Å². The summed E-state index contributed by atoms with van der Waals surface area (Å²) in [4.78, 5) is 12.4. The van der Waals surface area contributed by atoms with Gasteiger partial charge in [0.25, 0.3) is 0 Å². The highest BCUT2D eigenvalue weighted by Gasteiger charge is 2.31. The van der Waals surface area contributed by atoms with Crippen molar-refractivity contribution >= 4 is 16.8 Å². The van der Waals surface area contributed by atoms with Gasteiger partial charge in [-0.2, -0.15) is 0 Å². The molecule has 0 bridgehead atoms. The molecule has 3 rings (SSSR count). The van der Waals surface area contributed by atoms with Crippen molar-refractivity contribution in [3.05, 3.63) is 36.0 Å². The molecule has 2 aromatic rings. The summed E-state index contributed by atoms with van der Waals surface area (Å²) in [5, 5.41) is 13.4. The van der Waals surface area contributed by atoms with Crippen molar-refractivity contribution in [2.24, 2.45) is 5.92 Å². The van der Waals surface area contributed by atoms with E-state index >= 15 is 0 Å². The highest BCUT2D eigenvalue weighted by atomic mass is 16.3. The van der Waals surface area contributed by atoms with Gasteiger partial charge in [-0.15, -0.1) is 0 Å². The van der Waals surface area contributed by atoms with Crippen LogP contribution in [-0.2, 0) is 17.8 Å². The van der Waals surface area contributed by atoms with Crippen LogP contribution in [-0.4, -0.2) is 28.2 Å². The minimum atomic E-state index is 0.0596. The van der Waals surface area contributed by atoms with Gasteiger partial charge in [0.2, 0.25) is 5.91 Å². The molecule has 1 aliphatic rings. The Morgan fingerprint density at radius 3 is 2.86 bits per heavy atom. The van der Waals surface area contributed by atoms with E-state index in [2.05, 4.69) is 35.1 Å². The van der Waals surface area contributed by atoms with Crippen molar-refractivity contribution in [1.82, 2.24) is 9.88 Å². The van der Waals surface area contributed by atoms with Crippen molar-refractivity contribution in [1.29, 1.82) is 0 Å². The predicted octanol–water partition coefficient (Wildman–Crippen LogP) is 2.48. The fourth-order valence-electron chi connectivity index (χ4n) is 3.22. The predicted molar refractivity (Wildman–Crippen MR) is 87.7 cm³/mol. The molecule has 1 heterocycles. The molecule has 1 aliphatic carbocycles. The number of aromatic nitrogens is 1. The smallest absolute Gasteiger partial charge is 0.224 e. The fraction of sp³-hybridized carbons (Fsp3) is 0.500. The number of benzene rings is 1. The van der Waals surface area contributed by atoms with Crippen LogP contribution < -0.4 is 5.32 Å². The molecule has 118 valence electrons. The Balaban J connectivity index is 1.73. The summed E-state index contributed by atoms with van der Waals surface area (Å²) in [6, 6.07) is 8.36. The third-order valence-electron chi connectivity index (χ3n) is 4.54. The Kier molecular flexibility index (Phi) is 4.48. The zero-order valence-electron chi connectivity index (χ0n) is 13.1. The minimum absolute atomic E-state index is 0.0596. The summed E-state index contributed by atoms with van der Waals surface area (Å²) in [5.74, 6) is 0.623. The second-order valence-corrected chi connectivity index (χ2v) is 6.16. The van der Waals surface area contributed by atoms with Crippen LogP contribution in [0.3, 0.4) is 0 Å². The number of carbonyl (C=O) groups is 1. The molecule has 1 atom stereocenters. The topological polar surface area (TPSA) is 54.3 Å². The first-order chi connectivity index (χ1) is 10.7. The number of carbonyl (C=O) groups excluding carboxylic acids is 1. The molecule has 0 spiro atoms. The van der Waals surface area contributed by atoms with Gasteiger partial charge in [-0.25, -0.2) is 0 Å². The number of aliphatic hydroxyl groups excluding tert-OH is 1. The second kappa shape index (κ2) is 6.53. The van der Waals surface area contributed by atoms with Gasteiger partial charge < -0.3 is 15.0 Å². The van der Waals surface area contributed by atoms with Gasteiger partial charge in [0.15, 0.2) is 0 Å². The normalized spacial score (nSPS) is 15.9. The van der Waals surface area contributed by atoms with Crippen molar-refractivity contribution in [3.63, 3.8) is 0 Å². The number of nitrogens with one attached hydrogen (secondary N) is 1. The number of hydrogen-bond donors (Lipinski definition) is 2. The number of hydrogen-bond acceptors (Lipinski definition) is 2. The van der Waals surface area contributed by atoms with E-state index in [4.69, 9.17) is 5.11 Å². The number of fused-ring (bicyclic) bond motifs is 1. The van der Waals surface area contributed by atoms with E-state index in [0.717, 1.165) is 17.5 Å². The fourth-order valence-corrected chi connectivity index (χ4v) is 3.22. The average Bonchev–Trinajstić information content (AvgIpc) is 3.31. The highest BCUT2D eigenvalue weighted by molar-refractivity contribution is 5.89. The molecule has 1 unspecified atom stereocenters. The Morgan fingerprint density at radius 2 is 2.18 bits per heavy atom. The summed E-state index contributed by atoms with van der Waals surface area (Å²) >= 11 is 0. The molecular formula is C18H24N2O2. The zero-order chi connectivity index (χ0) is 15.5. The van der Waals surface area contributed by atoms with Gasteiger partial charge in [-0.1, -0.05) is 18.2 Å². The molecule has 0 radical (unpaired) electrons. The molecule has 0 saturated heterocycles. The van der Waals surface area contributed by atoms with E-state index in [1.165, 1.54) is 18.4 Å². The molecule has 1 aromatic heterocycles. The van der Waals surface area contributed by atoms with Crippen LogP contribution in [0.5, 0.6) is 0 Å². The van der Waals surface area contributed by atoms with Crippen LogP contribution >= 0.6 is 0 Å². The number of para-hydroxylation sites is 1. The molecule has 1 fully saturated rings. The molecule has 1 saturated carbocycles. The van der Waals surface area contributed by atoms with Crippen molar-refractivity contribution < 1.29 is 9.90 Å². The standard InChI is InChI=1S/C18H24N2O2/c1-2-20-12-14(15-5-3-4-6-17(15)20)11-18(22)19-16(9-10-21)13-7-8-13/h3-6,12-13,16,21H,2,7-11H2,1H3,(H,19,22). The number of aryl methyl sites for hydroxylation is 1. The molecule has 4 heteroatoms. The number of nitrogens with zero attached hydrogens (tertiary/aromatic N) is 1. The Labute approximate surface area is 131 Å². The summed E-state index contributed by atoms with van der Waals surface area (Å²) in [7, 11) is 0. The second-order valence-electron chi connectivity index (χ2n) is 6.16. The molecule has 4 nitrogen and oxygen atoms in total. The molecule has 1 amide bonds. The number of aliphatic hydroxyl groups is 1. The van der Waals surface area contributed by atoms with Gasteiger partial charge in [-0.05, 0) is 43.7 Å². The zero-order valence-corrected chi connectivity index (χ0v) is 13.1. The molecule has 22 heavy (non-hydrogen) atoms. The van der Waals surface area contributed by atoms with E-state index in [1.54, 1.807) is 0 Å². The maximum Gasteiger partial charge on any atom is 0.224 e. The van der Waals surface area contributed by atoms with Gasteiger partial charge >= 0.3 is 0 Å². The lowest BCUT2D eigenvalue weighted by atomic mass is 10.1. The van der Waals surface area contributed by atoms with E-state index in [9.17, 15) is 4.79 Å². The van der Waals surface area contributed by atoms with Crippen LogP contribution in [0.15, 0.2) is 30.5 Å². The van der Waals surface area contributed by atoms with E-state index in [-0.39, 0.29) is 18.6 Å². The van der Waals surface area contributed by atoms with Crippen molar-refractivity contribution in [2.45, 2.75) is 45.2 Å². The number of amides is 1. The minimum Gasteiger partial charge on any atom is -0.396 e. The Hall–Kier alpha value is -1.81. The lowest BCUT2D eigenvalue weighted by Crippen LogP contribution is -2.38. The highest BCUT2D eigenvalue weighted by Crippen LogP contribution is 2.34. The summed E-state index contributed by atoms with van der Waals surface area (Å²) in [6.45, 7) is 3.15. The largest absolute Gasteiger partial charge is 0.396 e. The van der Waals surface area contributed by atoms with E-state index in [1.807, 2.05) is 12.1 Å².